The van der Waals surface area contributed by atoms with Crippen molar-refractivity contribution in [3.8, 4) is 0 Å². The van der Waals surface area contributed by atoms with Crippen molar-refractivity contribution in [3.63, 3.8) is 0 Å². The minimum atomic E-state index is -1.14. The Kier molecular flexibility index (Phi) is 5.05. The molecule has 0 unspecified atom stereocenters. The number of carbonyl (C=O) groups is 2. The Balaban J connectivity index is 2.09. The number of benzene rings is 1. The summed E-state index contributed by atoms with van der Waals surface area (Å²) in [5.74, 6) is -2.65. The molecule has 108 valence electrons. The summed E-state index contributed by atoms with van der Waals surface area (Å²) in [6, 6.07) is 5.07. The van der Waals surface area contributed by atoms with Crippen LogP contribution in [0, 0.1) is 11.8 Å². The van der Waals surface area contributed by atoms with Crippen LogP contribution in [0.15, 0.2) is 22.7 Å². The molecule has 2 rings (SSSR count). The van der Waals surface area contributed by atoms with Crippen LogP contribution in [0.2, 0.25) is 5.02 Å². The fourth-order valence-electron chi connectivity index (χ4n) is 2.54. The molecule has 1 aromatic rings. The zero-order valence-corrected chi connectivity index (χ0v) is 13.0. The Labute approximate surface area is 130 Å². The van der Waals surface area contributed by atoms with E-state index in [0.717, 1.165) is 17.3 Å². The number of hydrogen-bond donors (Lipinski definition) is 1. The van der Waals surface area contributed by atoms with E-state index in [9.17, 15) is 14.7 Å². The normalized spacial score (nSPS) is 22.3. The second-order valence-electron chi connectivity index (χ2n) is 4.93. The van der Waals surface area contributed by atoms with Gasteiger partial charge >= 0.3 is 0 Å². The number of carboxylic acid groups (broad SMARTS) is 1. The first-order valence-corrected chi connectivity index (χ1v) is 7.63. The van der Waals surface area contributed by atoms with Gasteiger partial charge in [-0.25, -0.2) is 0 Å². The van der Waals surface area contributed by atoms with Crippen molar-refractivity contribution in [2.45, 2.75) is 25.7 Å². The molecule has 0 bridgehead atoms. The van der Waals surface area contributed by atoms with Crippen molar-refractivity contribution < 1.29 is 14.7 Å². The molecule has 2 atom stereocenters. The first-order valence-electron chi connectivity index (χ1n) is 6.46. The summed E-state index contributed by atoms with van der Waals surface area (Å²) in [7, 11) is 0. The highest BCUT2D eigenvalue weighted by Crippen LogP contribution is 2.31. The van der Waals surface area contributed by atoms with Gasteiger partial charge in [-0.2, -0.15) is 0 Å². The number of nitrogens with one attached hydrogen (secondary N) is 1. The minimum Gasteiger partial charge on any atom is -0.550 e. The van der Waals surface area contributed by atoms with Crippen LogP contribution in [0.5, 0.6) is 0 Å². The summed E-state index contributed by atoms with van der Waals surface area (Å²) in [5, 5.41) is 14.3. The average molecular weight is 360 g/mol. The highest BCUT2D eigenvalue weighted by atomic mass is 79.9. The third-order valence-corrected chi connectivity index (χ3v) is 4.83. The summed E-state index contributed by atoms with van der Waals surface area (Å²) in [4.78, 5) is 23.3. The van der Waals surface area contributed by atoms with Gasteiger partial charge < -0.3 is 15.2 Å². The lowest BCUT2D eigenvalue weighted by Gasteiger charge is -2.31. The number of aliphatic carboxylic acids is 1. The minimum absolute atomic E-state index is 0.280. The molecule has 0 aliphatic heterocycles. The molecule has 1 saturated carbocycles. The second kappa shape index (κ2) is 6.59. The van der Waals surface area contributed by atoms with Crippen molar-refractivity contribution in [1.29, 1.82) is 0 Å². The molecule has 0 heterocycles. The molecule has 0 aromatic heterocycles. The van der Waals surface area contributed by atoms with Gasteiger partial charge in [0.25, 0.3) is 0 Å². The lowest BCUT2D eigenvalue weighted by atomic mass is 9.78. The Morgan fingerprint density at radius 2 is 1.90 bits per heavy atom. The number of anilines is 1. The Bertz CT molecular complexity index is 535. The fourth-order valence-corrected chi connectivity index (χ4v) is 2.96. The van der Waals surface area contributed by atoms with E-state index in [1.807, 2.05) is 0 Å². The van der Waals surface area contributed by atoms with Crippen LogP contribution in [-0.2, 0) is 9.59 Å². The van der Waals surface area contributed by atoms with Gasteiger partial charge in [-0.05, 0) is 47.0 Å². The van der Waals surface area contributed by atoms with Gasteiger partial charge in [-0.1, -0.05) is 24.4 Å². The van der Waals surface area contributed by atoms with Crippen molar-refractivity contribution in [2.75, 3.05) is 5.32 Å². The predicted molar refractivity (Wildman–Crippen MR) is 78.2 cm³/mol. The van der Waals surface area contributed by atoms with Gasteiger partial charge in [0.05, 0.1) is 5.02 Å². The Hall–Kier alpha value is -1.07. The number of amides is 1. The van der Waals surface area contributed by atoms with E-state index in [1.165, 1.54) is 0 Å². The van der Waals surface area contributed by atoms with Crippen LogP contribution in [0.3, 0.4) is 0 Å². The lowest BCUT2D eigenvalue weighted by molar-refractivity contribution is -0.313. The number of carbonyl (C=O) groups excluding carboxylic acids is 2. The van der Waals surface area contributed by atoms with E-state index in [-0.39, 0.29) is 5.91 Å². The molecule has 0 spiro atoms. The Morgan fingerprint density at radius 3 is 2.50 bits per heavy atom. The van der Waals surface area contributed by atoms with Gasteiger partial charge in [0, 0.05) is 28.0 Å². The molecule has 0 radical (unpaired) electrons. The molecule has 1 N–H and O–H groups in total. The molecule has 1 aliphatic carbocycles. The first-order chi connectivity index (χ1) is 9.49. The molecular weight excluding hydrogens is 346 g/mol. The number of halogens is 2. The SMILES string of the molecule is O=C([O-])[C@@H]1CCCC[C@H]1C(=O)Nc1ccc(Br)c(Cl)c1. The van der Waals surface area contributed by atoms with Crippen molar-refractivity contribution in [3.05, 3.63) is 27.7 Å². The molecular formula is C14H14BrClNO3-. The number of rotatable bonds is 3. The zero-order chi connectivity index (χ0) is 14.7. The topological polar surface area (TPSA) is 69.2 Å². The summed E-state index contributed by atoms with van der Waals surface area (Å²) >= 11 is 9.23. The van der Waals surface area contributed by atoms with E-state index < -0.39 is 17.8 Å². The first kappa shape index (κ1) is 15.3. The summed E-state index contributed by atoms with van der Waals surface area (Å²) in [6.45, 7) is 0. The molecule has 6 heteroatoms. The lowest BCUT2D eigenvalue weighted by Crippen LogP contribution is -2.42. The molecule has 1 amide bonds. The fraction of sp³-hybridized carbons (Fsp3) is 0.429. The van der Waals surface area contributed by atoms with Gasteiger partial charge in [-0.3, -0.25) is 4.79 Å². The van der Waals surface area contributed by atoms with Crippen LogP contribution in [-0.4, -0.2) is 11.9 Å². The highest BCUT2D eigenvalue weighted by molar-refractivity contribution is 9.10. The maximum atomic E-state index is 12.2. The number of carboxylic acids is 1. The summed E-state index contributed by atoms with van der Waals surface area (Å²) < 4.78 is 0.738. The number of hydrogen-bond acceptors (Lipinski definition) is 3. The third-order valence-electron chi connectivity index (χ3n) is 3.59. The maximum Gasteiger partial charge on any atom is 0.228 e. The predicted octanol–water partition coefficient (Wildman–Crippen LogP) is 2.60. The second-order valence-corrected chi connectivity index (χ2v) is 6.20. The van der Waals surface area contributed by atoms with Crippen molar-refractivity contribution in [1.82, 2.24) is 0 Å². The largest absolute Gasteiger partial charge is 0.550 e. The molecule has 4 nitrogen and oxygen atoms in total. The van der Waals surface area contributed by atoms with Crippen molar-refractivity contribution in [2.24, 2.45) is 11.8 Å². The summed E-state index contributed by atoms with van der Waals surface area (Å²) in [5.41, 5.74) is 0.561. The zero-order valence-electron chi connectivity index (χ0n) is 10.7. The van der Waals surface area contributed by atoms with E-state index in [2.05, 4.69) is 21.2 Å². The maximum absolute atomic E-state index is 12.2. The van der Waals surface area contributed by atoms with Crippen LogP contribution in [0.25, 0.3) is 0 Å². The quantitative estimate of drug-likeness (QED) is 0.902. The third kappa shape index (κ3) is 3.52. The molecule has 1 aliphatic rings. The van der Waals surface area contributed by atoms with Gasteiger partial charge in [0.1, 0.15) is 0 Å². The van der Waals surface area contributed by atoms with E-state index in [1.54, 1.807) is 18.2 Å². The van der Waals surface area contributed by atoms with Crippen LogP contribution >= 0.6 is 27.5 Å². The molecule has 1 fully saturated rings. The molecule has 20 heavy (non-hydrogen) atoms. The Morgan fingerprint density at radius 1 is 1.25 bits per heavy atom. The van der Waals surface area contributed by atoms with Crippen LogP contribution in [0.4, 0.5) is 5.69 Å². The van der Waals surface area contributed by atoms with E-state index in [4.69, 9.17) is 11.6 Å². The standard InChI is InChI=1S/C14H15BrClNO3/c15-11-6-5-8(7-12(11)16)17-13(18)9-3-1-2-4-10(9)14(19)20/h5-7,9-10H,1-4H2,(H,17,18)(H,19,20)/p-1/t9-,10-/m1/s1. The monoisotopic (exact) mass is 358 g/mol. The van der Waals surface area contributed by atoms with Gasteiger partial charge in [0.2, 0.25) is 5.91 Å². The van der Waals surface area contributed by atoms with E-state index >= 15 is 0 Å². The molecule has 0 saturated heterocycles. The van der Waals surface area contributed by atoms with Gasteiger partial charge in [-0.15, -0.1) is 0 Å². The highest BCUT2D eigenvalue weighted by Gasteiger charge is 2.31. The molecule has 1 aromatic carbocycles. The average Bonchev–Trinajstić information content (AvgIpc) is 2.43. The van der Waals surface area contributed by atoms with E-state index in [0.29, 0.717) is 23.6 Å². The van der Waals surface area contributed by atoms with Gasteiger partial charge in [0.15, 0.2) is 0 Å². The summed E-state index contributed by atoms with van der Waals surface area (Å²) in [6.07, 6.45) is 2.77. The smallest absolute Gasteiger partial charge is 0.228 e. The van der Waals surface area contributed by atoms with Crippen LogP contribution in [0.1, 0.15) is 25.7 Å². The van der Waals surface area contributed by atoms with Crippen molar-refractivity contribution >= 4 is 45.1 Å². The van der Waals surface area contributed by atoms with Crippen LogP contribution < -0.4 is 10.4 Å².